The van der Waals surface area contributed by atoms with Gasteiger partial charge in [0.25, 0.3) is 0 Å². The number of hydrogen-bond donors (Lipinski definition) is 2. The molecule has 2 N–H and O–H groups in total. The maximum Gasteiger partial charge on any atom is 0.249 e. The van der Waals surface area contributed by atoms with E-state index in [1.54, 1.807) is 11.7 Å². The highest BCUT2D eigenvalue weighted by Gasteiger charge is 2.50. The van der Waals surface area contributed by atoms with Crippen LogP contribution in [-0.2, 0) is 17.4 Å². The van der Waals surface area contributed by atoms with Crippen LogP contribution in [0.4, 0.5) is 14.6 Å². The van der Waals surface area contributed by atoms with E-state index in [-0.39, 0.29) is 24.7 Å². The van der Waals surface area contributed by atoms with Crippen LogP contribution in [0.3, 0.4) is 0 Å². The van der Waals surface area contributed by atoms with E-state index in [9.17, 15) is 18.7 Å². The summed E-state index contributed by atoms with van der Waals surface area (Å²) in [6, 6.07) is 9.68. The molecule has 160 valence electrons. The van der Waals surface area contributed by atoms with Crippen molar-refractivity contribution in [3.8, 4) is 0 Å². The Morgan fingerprint density at radius 2 is 1.80 bits per heavy atom. The number of rotatable bonds is 5. The molecule has 1 amide bonds. The first-order valence-corrected chi connectivity index (χ1v) is 10.8. The Labute approximate surface area is 174 Å². The molecular weight excluding hydrogens is 388 g/mol. The third kappa shape index (κ3) is 3.23. The summed E-state index contributed by atoms with van der Waals surface area (Å²) in [4.78, 5) is 12.5. The number of benzene rings is 1. The van der Waals surface area contributed by atoms with Crippen LogP contribution in [0.2, 0.25) is 0 Å². The van der Waals surface area contributed by atoms with Gasteiger partial charge in [-0.15, -0.1) is 0 Å². The lowest BCUT2D eigenvalue weighted by molar-refractivity contribution is -0.145. The summed E-state index contributed by atoms with van der Waals surface area (Å²) in [7, 11) is 1.79. The van der Waals surface area contributed by atoms with Crippen LogP contribution in [0.15, 0.2) is 30.3 Å². The second kappa shape index (κ2) is 6.87. The Hall–Kier alpha value is -2.28. The first-order chi connectivity index (χ1) is 14.3. The molecule has 2 aromatic rings. The fourth-order valence-corrected chi connectivity index (χ4v) is 5.11. The van der Waals surface area contributed by atoms with Gasteiger partial charge in [0.05, 0.1) is 11.3 Å². The molecule has 0 saturated heterocycles. The van der Waals surface area contributed by atoms with Gasteiger partial charge in [-0.1, -0.05) is 36.8 Å². The lowest BCUT2D eigenvalue weighted by Crippen LogP contribution is -2.42. The summed E-state index contributed by atoms with van der Waals surface area (Å²) in [6.07, 6.45) is 3.65. The van der Waals surface area contributed by atoms with E-state index in [2.05, 4.69) is 5.32 Å². The number of nitrogens with zero attached hydrogens (tertiary/aromatic N) is 2. The van der Waals surface area contributed by atoms with E-state index < -0.39 is 17.4 Å². The molecule has 3 saturated carbocycles. The summed E-state index contributed by atoms with van der Waals surface area (Å²) in [5.41, 5.74) is 2.06. The van der Waals surface area contributed by atoms with Gasteiger partial charge in [-0.2, -0.15) is 5.10 Å². The number of hydrogen-bond acceptors (Lipinski definition) is 3. The normalized spacial score (nSPS) is 28.3. The second-order valence-electron chi connectivity index (χ2n) is 9.35. The van der Waals surface area contributed by atoms with Gasteiger partial charge in [-0.3, -0.25) is 9.48 Å². The van der Waals surface area contributed by atoms with Crippen LogP contribution in [0.5, 0.6) is 0 Å². The summed E-state index contributed by atoms with van der Waals surface area (Å²) < 4.78 is 28.1. The standard InChI is InChI=1S/C23H27F2N3O2/c1-28-20(26-21(29)16-12-23(24,25)13-16)18(14-6-5-7-14)19(27-28)15-10-22(30,11-15)17-8-3-2-4-9-17/h2-4,8-9,14-16,30H,5-7,10-13H2,1H3,(H,26,29). The van der Waals surface area contributed by atoms with Crippen LogP contribution in [0.25, 0.3) is 0 Å². The van der Waals surface area contributed by atoms with E-state index in [4.69, 9.17) is 5.10 Å². The van der Waals surface area contributed by atoms with E-state index in [0.717, 1.165) is 36.1 Å². The molecular formula is C23H27F2N3O2. The first kappa shape index (κ1) is 19.7. The van der Waals surface area contributed by atoms with Gasteiger partial charge in [0.15, 0.2) is 0 Å². The molecule has 7 heteroatoms. The zero-order chi connectivity index (χ0) is 21.1. The van der Waals surface area contributed by atoms with Crippen LogP contribution in [-0.4, -0.2) is 26.7 Å². The number of alkyl halides is 2. The lowest BCUT2D eigenvalue weighted by Gasteiger charge is -2.44. The van der Waals surface area contributed by atoms with Crippen LogP contribution in [0.1, 0.15) is 73.6 Å². The van der Waals surface area contributed by atoms with Gasteiger partial charge in [0.2, 0.25) is 11.8 Å². The van der Waals surface area contributed by atoms with E-state index in [1.807, 2.05) is 30.3 Å². The topological polar surface area (TPSA) is 67.2 Å². The average molecular weight is 415 g/mol. The van der Waals surface area contributed by atoms with Crippen molar-refractivity contribution in [1.29, 1.82) is 0 Å². The Morgan fingerprint density at radius 3 is 2.37 bits per heavy atom. The van der Waals surface area contributed by atoms with Crippen molar-refractivity contribution in [2.24, 2.45) is 13.0 Å². The van der Waals surface area contributed by atoms with Gasteiger partial charge in [-0.05, 0) is 37.2 Å². The largest absolute Gasteiger partial charge is 0.385 e. The number of amides is 1. The molecule has 0 bridgehead atoms. The summed E-state index contributed by atoms with van der Waals surface area (Å²) in [5.74, 6) is -2.60. The fourth-order valence-electron chi connectivity index (χ4n) is 5.11. The Kier molecular flexibility index (Phi) is 4.51. The Balaban J connectivity index is 1.37. The summed E-state index contributed by atoms with van der Waals surface area (Å²) in [6.45, 7) is 0. The Morgan fingerprint density at radius 1 is 1.13 bits per heavy atom. The van der Waals surface area contributed by atoms with Gasteiger partial charge >= 0.3 is 0 Å². The van der Waals surface area contributed by atoms with Crippen LogP contribution in [0, 0.1) is 5.92 Å². The molecule has 1 aromatic carbocycles. The summed E-state index contributed by atoms with van der Waals surface area (Å²) in [5, 5.41) is 18.7. The lowest BCUT2D eigenvalue weighted by atomic mass is 9.64. The SMILES string of the molecule is Cn1nc(C2CC(O)(c3ccccc3)C2)c(C2CCC2)c1NC(=O)C1CC(F)(F)C1. The average Bonchev–Trinajstić information content (AvgIpc) is 2.92. The molecule has 1 heterocycles. The van der Waals surface area contributed by atoms with Gasteiger partial charge < -0.3 is 10.4 Å². The van der Waals surface area contributed by atoms with Gasteiger partial charge in [-0.25, -0.2) is 8.78 Å². The number of nitrogens with one attached hydrogen (secondary N) is 1. The van der Waals surface area contributed by atoms with Crippen molar-refractivity contribution >= 4 is 11.7 Å². The van der Waals surface area contributed by atoms with Crippen molar-refractivity contribution < 1.29 is 18.7 Å². The smallest absolute Gasteiger partial charge is 0.249 e. The molecule has 3 aliphatic carbocycles. The molecule has 0 aliphatic heterocycles. The van der Waals surface area contributed by atoms with E-state index in [1.165, 1.54) is 0 Å². The predicted octanol–water partition coefficient (Wildman–Crippen LogP) is 4.44. The van der Waals surface area contributed by atoms with Crippen molar-refractivity contribution in [3.05, 3.63) is 47.2 Å². The molecule has 0 atom stereocenters. The number of aryl methyl sites for hydroxylation is 1. The fraction of sp³-hybridized carbons (Fsp3) is 0.565. The zero-order valence-corrected chi connectivity index (χ0v) is 17.1. The van der Waals surface area contributed by atoms with Crippen LogP contribution < -0.4 is 5.32 Å². The molecule has 30 heavy (non-hydrogen) atoms. The zero-order valence-electron chi connectivity index (χ0n) is 17.1. The molecule has 0 radical (unpaired) electrons. The number of aromatic nitrogens is 2. The van der Waals surface area contributed by atoms with Gasteiger partial charge in [0, 0.05) is 37.3 Å². The summed E-state index contributed by atoms with van der Waals surface area (Å²) >= 11 is 0. The number of aliphatic hydroxyl groups is 1. The highest BCUT2D eigenvalue weighted by atomic mass is 19.3. The minimum atomic E-state index is -2.72. The molecule has 5 nitrogen and oxygen atoms in total. The number of halogens is 2. The molecule has 5 rings (SSSR count). The first-order valence-electron chi connectivity index (χ1n) is 10.8. The van der Waals surface area contributed by atoms with E-state index in [0.29, 0.717) is 24.6 Å². The third-order valence-electron chi connectivity index (χ3n) is 7.19. The molecule has 0 spiro atoms. The quantitative estimate of drug-likeness (QED) is 0.759. The number of carbonyl (C=O) groups excluding carboxylic acids is 1. The second-order valence-corrected chi connectivity index (χ2v) is 9.35. The third-order valence-corrected chi connectivity index (χ3v) is 7.19. The van der Waals surface area contributed by atoms with Gasteiger partial charge in [0.1, 0.15) is 5.82 Å². The highest BCUT2D eigenvalue weighted by Crippen LogP contribution is 2.54. The predicted molar refractivity (Wildman–Crippen MR) is 108 cm³/mol. The van der Waals surface area contributed by atoms with Crippen molar-refractivity contribution in [2.75, 3.05) is 5.32 Å². The molecule has 0 unspecified atom stereocenters. The van der Waals surface area contributed by atoms with Crippen molar-refractivity contribution in [3.63, 3.8) is 0 Å². The highest BCUT2D eigenvalue weighted by molar-refractivity contribution is 5.93. The monoisotopic (exact) mass is 415 g/mol. The molecule has 1 aromatic heterocycles. The molecule has 3 aliphatic rings. The minimum absolute atomic E-state index is 0.121. The van der Waals surface area contributed by atoms with Crippen LogP contribution >= 0.6 is 0 Å². The maximum atomic E-state index is 13.2. The number of anilines is 1. The van der Waals surface area contributed by atoms with E-state index >= 15 is 0 Å². The minimum Gasteiger partial charge on any atom is -0.385 e. The molecule has 3 fully saturated rings. The Bertz CT molecular complexity index is 954. The van der Waals surface area contributed by atoms with Crippen molar-refractivity contribution in [2.45, 2.75) is 68.3 Å². The van der Waals surface area contributed by atoms with Crippen molar-refractivity contribution in [1.82, 2.24) is 9.78 Å². The maximum absolute atomic E-state index is 13.2. The number of carbonyl (C=O) groups is 1.